The predicted octanol–water partition coefficient (Wildman–Crippen LogP) is 4.35. The number of rotatable bonds is 3. The largest absolute Gasteiger partial charge is 0.437 e. The molecule has 1 aromatic heterocycles. The van der Waals surface area contributed by atoms with Crippen LogP contribution in [-0.2, 0) is 0 Å². The molecule has 0 aliphatic rings. The van der Waals surface area contributed by atoms with Crippen molar-refractivity contribution in [1.29, 1.82) is 0 Å². The molecule has 0 radical (unpaired) electrons. The maximum Gasteiger partial charge on any atom is 0.230 e. The van der Waals surface area contributed by atoms with Crippen LogP contribution < -0.4 is 10.5 Å². The molecule has 0 atom stereocenters. The van der Waals surface area contributed by atoms with Crippen LogP contribution >= 0.6 is 39.1 Å². The van der Waals surface area contributed by atoms with Crippen LogP contribution in [0.3, 0.4) is 0 Å². The molecule has 1 aromatic carbocycles. The first-order valence-corrected chi connectivity index (χ1v) is 7.24. The second-order valence-electron chi connectivity index (χ2n) is 4.09. The lowest BCUT2D eigenvalue weighted by Gasteiger charge is -2.12. The van der Waals surface area contributed by atoms with Gasteiger partial charge >= 0.3 is 0 Å². The standard InChI is InChI=1S/C13H10BrCl2N3O2/c1-6-2-3-18-13(11(6)12(17)19-20)21-10-5-8(15)7(14)4-9(10)16/h2-5,20H,1H3,(H2,17,19). The van der Waals surface area contributed by atoms with Crippen LogP contribution in [0.5, 0.6) is 11.6 Å². The molecular weight excluding hydrogens is 381 g/mol. The Bertz CT molecular complexity index is 723. The van der Waals surface area contributed by atoms with Crippen molar-refractivity contribution in [2.75, 3.05) is 0 Å². The molecule has 8 heteroatoms. The Balaban J connectivity index is 2.50. The lowest BCUT2D eigenvalue weighted by Crippen LogP contribution is -2.16. The van der Waals surface area contributed by atoms with Gasteiger partial charge in [0.05, 0.1) is 15.6 Å². The highest BCUT2D eigenvalue weighted by Crippen LogP contribution is 2.37. The van der Waals surface area contributed by atoms with Gasteiger partial charge in [0, 0.05) is 16.7 Å². The minimum Gasteiger partial charge on any atom is -0.437 e. The summed E-state index contributed by atoms with van der Waals surface area (Å²) in [5, 5.41) is 12.6. The van der Waals surface area contributed by atoms with Crippen molar-refractivity contribution in [1.82, 2.24) is 4.98 Å². The molecule has 0 amide bonds. The molecular formula is C13H10BrCl2N3O2. The zero-order valence-electron chi connectivity index (χ0n) is 10.8. The molecule has 0 spiro atoms. The van der Waals surface area contributed by atoms with Gasteiger partial charge in [-0.05, 0) is 40.5 Å². The Morgan fingerprint density at radius 1 is 1.38 bits per heavy atom. The van der Waals surface area contributed by atoms with Crippen molar-refractivity contribution in [3.8, 4) is 11.6 Å². The molecule has 110 valence electrons. The van der Waals surface area contributed by atoms with Gasteiger partial charge in [-0.25, -0.2) is 4.98 Å². The molecule has 0 aliphatic heterocycles. The van der Waals surface area contributed by atoms with E-state index in [0.29, 0.717) is 25.8 Å². The predicted molar refractivity (Wildman–Crippen MR) is 85.7 cm³/mol. The maximum absolute atomic E-state index is 8.86. The van der Waals surface area contributed by atoms with E-state index in [1.807, 2.05) is 0 Å². The molecule has 3 N–H and O–H groups in total. The second kappa shape index (κ2) is 6.51. The molecule has 0 saturated heterocycles. The number of nitrogens with zero attached hydrogens (tertiary/aromatic N) is 2. The van der Waals surface area contributed by atoms with E-state index in [0.717, 1.165) is 5.56 Å². The van der Waals surface area contributed by atoms with Gasteiger partial charge in [0.25, 0.3) is 0 Å². The average molecular weight is 391 g/mol. The van der Waals surface area contributed by atoms with Crippen molar-refractivity contribution in [2.24, 2.45) is 10.9 Å². The highest BCUT2D eigenvalue weighted by molar-refractivity contribution is 9.10. The zero-order valence-corrected chi connectivity index (χ0v) is 13.9. The van der Waals surface area contributed by atoms with Crippen molar-refractivity contribution >= 4 is 45.0 Å². The number of benzene rings is 1. The third-order valence-corrected chi connectivity index (χ3v) is 4.16. The van der Waals surface area contributed by atoms with E-state index in [2.05, 4.69) is 26.1 Å². The van der Waals surface area contributed by atoms with E-state index >= 15 is 0 Å². The molecule has 0 bridgehead atoms. The maximum atomic E-state index is 8.86. The number of ether oxygens (including phenoxy) is 1. The average Bonchev–Trinajstić information content (AvgIpc) is 2.44. The molecule has 21 heavy (non-hydrogen) atoms. The van der Waals surface area contributed by atoms with Crippen LogP contribution in [0.15, 0.2) is 34.0 Å². The molecule has 0 aliphatic carbocycles. The number of amidine groups is 1. The summed E-state index contributed by atoms with van der Waals surface area (Å²) >= 11 is 15.4. The van der Waals surface area contributed by atoms with Crippen LogP contribution in [0.1, 0.15) is 11.1 Å². The number of aryl methyl sites for hydroxylation is 1. The first kappa shape index (κ1) is 15.9. The molecule has 0 saturated carbocycles. The van der Waals surface area contributed by atoms with E-state index in [1.165, 1.54) is 0 Å². The Morgan fingerprint density at radius 2 is 2.10 bits per heavy atom. The fourth-order valence-electron chi connectivity index (χ4n) is 1.66. The summed E-state index contributed by atoms with van der Waals surface area (Å²) in [6.45, 7) is 1.79. The number of hydrogen-bond donors (Lipinski definition) is 2. The lowest BCUT2D eigenvalue weighted by molar-refractivity contribution is 0.318. The summed E-state index contributed by atoms with van der Waals surface area (Å²) in [6.07, 6.45) is 1.55. The van der Waals surface area contributed by atoms with E-state index in [-0.39, 0.29) is 11.7 Å². The van der Waals surface area contributed by atoms with Gasteiger partial charge in [0.15, 0.2) is 5.84 Å². The second-order valence-corrected chi connectivity index (χ2v) is 5.76. The van der Waals surface area contributed by atoms with Crippen LogP contribution in [0.25, 0.3) is 0 Å². The third-order valence-electron chi connectivity index (χ3n) is 2.67. The van der Waals surface area contributed by atoms with E-state index in [4.69, 9.17) is 38.9 Å². The van der Waals surface area contributed by atoms with Gasteiger partial charge < -0.3 is 15.7 Å². The van der Waals surface area contributed by atoms with Crippen molar-refractivity contribution in [3.63, 3.8) is 0 Å². The van der Waals surface area contributed by atoms with Gasteiger partial charge in [-0.1, -0.05) is 28.4 Å². The number of hydrogen-bond acceptors (Lipinski definition) is 4. The summed E-state index contributed by atoms with van der Waals surface area (Å²) in [5.41, 5.74) is 6.78. The van der Waals surface area contributed by atoms with Gasteiger partial charge in [-0.2, -0.15) is 0 Å². The van der Waals surface area contributed by atoms with Gasteiger partial charge in [-0.15, -0.1) is 0 Å². The van der Waals surface area contributed by atoms with Gasteiger partial charge in [0.1, 0.15) is 5.75 Å². The van der Waals surface area contributed by atoms with Crippen LogP contribution in [0.2, 0.25) is 10.0 Å². The fourth-order valence-corrected chi connectivity index (χ4v) is 2.49. The van der Waals surface area contributed by atoms with E-state index in [1.54, 1.807) is 31.3 Å². The summed E-state index contributed by atoms with van der Waals surface area (Å²) in [6, 6.07) is 4.88. The number of pyridine rings is 1. The van der Waals surface area contributed by atoms with Crippen molar-refractivity contribution < 1.29 is 9.94 Å². The molecule has 2 aromatic rings. The Hall–Kier alpha value is -1.50. The summed E-state index contributed by atoms with van der Waals surface area (Å²) in [4.78, 5) is 4.09. The normalized spacial score (nSPS) is 11.5. The van der Waals surface area contributed by atoms with Gasteiger partial charge in [-0.3, -0.25) is 0 Å². The quantitative estimate of drug-likeness (QED) is 0.268. The van der Waals surface area contributed by atoms with E-state index < -0.39 is 0 Å². The first-order valence-electron chi connectivity index (χ1n) is 5.70. The van der Waals surface area contributed by atoms with Crippen LogP contribution in [0.4, 0.5) is 0 Å². The third kappa shape index (κ3) is 3.40. The summed E-state index contributed by atoms with van der Waals surface area (Å²) in [5.74, 6) is 0.385. The molecule has 2 rings (SSSR count). The van der Waals surface area contributed by atoms with Gasteiger partial charge in [0.2, 0.25) is 5.88 Å². The monoisotopic (exact) mass is 389 g/mol. The van der Waals surface area contributed by atoms with E-state index in [9.17, 15) is 0 Å². The van der Waals surface area contributed by atoms with Crippen LogP contribution in [0, 0.1) is 6.92 Å². The Morgan fingerprint density at radius 3 is 2.76 bits per heavy atom. The zero-order chi connectivity index (χ0) is 15.6. The minimum absolute atomic E-state index is 0.102. The minimum atomic E-state index is -0.102. The SMILES string of the molecule is Cc1ccnc(Oc2cc(Cl)c(Br)cc2Cl)c1/C(N)=N/O. The fraction of sp³-hybridized carbons (Fsp3) is 0.0769. The smallest absolute Gasteiger partial charge is 0.230 e. The molecule has 0 fully saturated rings. The number of nitrogens with two attached hydrogens (primary N) is 1. The summed E-state index contributed by atoms with van der Waals surface area (Å²) < 4.78 is 6.31. The Labute approximate surface area is 139 Å². The molecule has 0 unspecified atom stereocenters. The first-order chi connectivity index (χ1) is 9.93. The van der Waals surface area contributed by atoms with Crippen molar-refractivity contribution in [3.05, 3.63) is 50.0 Å². The topological polar surface area (TPSA) is 80.7 Å². The number of halogens is 3. The highest BCUT2D eigenvalue weighted by Gasteiger charge is 2.16. The summed E-state index contributed by atoms with van der Waals surface area (Å²) in [7, 11) is 0. The van der Waals surface area contributed by atoms with Crippen molar-refractivity contribution in [2.45, 2.75) is 6.92 Å². The number of aromatic nitrogens is 1. The van der Waals surface area contributed by atoms with Crippen LogP contribution in [-0.4, -0.2) is 16.0 Å². The number of oxime groups is 1. The highest BCUT2D eigenvalue weighted by atomic mass is 79.9. The Kier molecular flexibility index (Phi) is 4.92. The molecule has 5 nitrogen and oxygen atoms in total. The lowest BCUT2D eigenvalue weighted by atomic mass is 10.1. The molecule has 1 heterocycles.